The van der Waals surface area contributed by atoms with E-state index in [2.05, 4.69) is 66.4 Å². The largest absolute Gasteiger partial charge is 0.383 e. The van der Waals surface area contributed by atoms with E-state index in [9.17, 15) is 0 Å². The summed E-state index contributed by atoms with van der Waals surface area (Å²) < 4.78 is 3.29. The molecule has 1 aromatic carbocycles. The van der Waals surface area contributed by atoms with E-state index in [1.165, 1.54) is 5.56 Å². The molecule has 0 saturated carbocycles. The molecule has 2 N–H and O–H groups in total. The number of hydrogen-bond donors (Lipinski definition) is 1. The quantitative estimate of drug-likeness (QED) is 0.841. The van der Waals surface area contributed by atoms with Gasteiger partial charge in [0.05, 0.1) is 0 Å². The van der Waals surface area contributed by atoms with Crippen molar-refractivity contribution in [2.24, 2.45) is 5.92 Å². The molecule has 2 rings (SSSR count). The predicted octanol–water partition coefficient (Wildman–Crippen LogP) is 4.81. The first kappa shape index (κ1) is 16.1. The molecule has 21 heavy (non-hydrogen) atoms. The third-order valence-corrected chi connectivity index (χ3v) is 4.43. The van der Waals surface area contributed by atoms with Crippen LogP contribution in [-0.4, -0.2) is 9.55 Å². The molecule has 3 nitrogen and oxygen atoms in total. The Kier molecular flexibility index (Phi) is 5.09. The van der Waals surface area contributed by atoms with Crippen LogP contribution >= 0.6 is 15.9 Å². The highest BCUT2D eigenvalue weighted by Crippen LogP contribution is 2.30. The SMILES string of the molecule is CCCc1nc(-c2ccc(Br)c(C)c2)c(N)n1CC(C)C. The van der Waals surface area contributed by atoms with Crippen LogP contribution in [-0.2, 0) is 13.0 Å². The lowest BCUT2D eigenvalue weighted by Gasteiger charge is -2.12. The predicted molar refractivity (Wildman–Crippen MR) is 93.3 cm³/mol. The first-order chi connectivity index (χ1) is 9.93. The average Bonchev–Trinajstić information content (AvgIpc) is 2.71. The van der Waals surface area contributed by atoms with Gasteiger partial charge in [0.1, 0.15) is 17.3 Å². The van der Waals surface area contributed by atoms with E-state index in [0.29, 0.717) is 5.92 Å². The second-order valence-electron chi connectivity index (χ2n) is 5.98. The van der Waals surface area contributed by atoms with Crippen molar-refractivity contribution < 1.29 is 0 Å². The zero-order valence-corrected chi connectivity index (χ0v) is 14.9. The lowest BCUT2D eigenvalue weighted by molar-refractivity contribution is 0.510. The number of nitrogens with two attached hydrogens (primary N) is 1. The van der Waals surface area contributed by atoms with Crippen LogP contribution in [0.3, 0.4) is 0 Å². The monoisotopic (exact) mass is 349 g/mol. The Morgan fingerprint density at radius 2 is 2.05 bits per heavy atom. The minimum absolute atomic E-state index is 0.552. The molecule has 0 atom stereocenters. The zero-order valence-electron chi connectivity index (χ0n) is 13.3. The number of nitrogens with zero attached hydrogens (tertiary/aromatic N) is 2. The highest BCUT2D eigenvalue weighted by Gasteiger charge is 2.16. The second-order valence-corrected chi connectivity index (χ2v) is 6.83. The summed E-state index contributed by atoms with van der Waals surface area (Å²) in [6, 6.07) is 6.27. The van der Waals surface area contributed by atoms with Gasteiger partial charge in [-0.05, 0) is 37.0 Å². The fourth-order valence-electron chi connectivity index (χ4n) is 2.50. The molecule has 0 unspecified atom stereocenters. The van der Waals surface area contributed by atoms with Crippen LogP contribution < -0.4 is 5.73 Å². The third-order valence-electron chi connectivity index (χ3n) is 3.54. The van der Waals surface area contributed by atoms with Crippen LogP contribution in [0.25, 0.3) is 11.3 Å². The van der Waals surface area contributed by atoms with Gasteiger partial charge in [-0.25, -0.2) is 4.98 Å². The molecule has 0 fully saturated rings. The maximum atomic E-state index is 6.39. The van der Waals surface area contributed by atoms with Crippen LogP contribution in [0.1, 0.15) is 38.6 Å². The minimum atomic E-state index is 0.552. The van der Waals surface area contributed by atoms with Crippen molar-refractivity contribution in [1.82, 2.24) is 9.55 Å². The summed E-state index contributed by atoms with van der Waals surface area (Å²) in [4.78, 5) is 4.82. The number of aromatic nitrogens is 2. The number of rotatable bonds is 5. The van der Waals surface area contributed by atoms with Gasteiger partial charge in [-0.15, -0.1) is 0 Å². The van der Waals surface area contributed by atoms with E-state index in [-0.39, 0.29) is 0 Å². The summed E-state index contributed by atoms with van der Waals surface area (Å²) in [5.41, 5.74) is 9.59. The van der Waals surface area contributed by atoms with Crippen LogP contribution in [0.4, 0.5) is 5.82 Å². The van der Waals surface area contributed by atoms with Gasteiger partial charge in [0, 0.05) is 23.0 Å². The van der Waals surface area contributed by atoms with E-state index in [1.54, 1.807) is 0 Å². The molecule has 114 valence electrons. The first-order valence-electron chi connectivity index (χ1n) is 7.55. The molecular formula is C17H24BrN3. The zero-order chi connectivity index (χ0) is 15.6. The van der Waals surface area contributed by atoms with Crippen molar-refractivity contribution in [3.8, 4) is 11.3 Å². The highest BCUT2D eigenvalue weighted by molar-refractivity contribution is 9.10. The summed E-state index contributed by atoms with van der Waals surface area (Å²) in [7, 11) is 0. The summed E-state index contributed by atoms with van der Waals surface area (Å²) in [6.45, 7) is 9.59. The second kappa shape index (κ2) is 6.65. The fraction of sp³-hybridized carbons (Fsp3) is 0.471. The van der Waals surface area contributed by atoms with Crippen LogP contribution in [0.2, 0.25) is 0 Å². The van der Waals surface area contributed by atoms with Crippen molar-refractivity contribution in [1.29, 1.82) is 0 Å². The van der Waals surface area contributed by atoms with Crippen molar-refractivity contribution in [3.63, 3.8) is 0 Å². The standard InChI is InChI=1S/C17H24BrN3/c1-5-6-15-20-16(17(19)21(15)10-11(2)3)13-7-8-14(18)12(4)9-13/h7-9,11H,5-6,10,19H2,1-4H3. The Hall–Kier alpha value is -1.29. The van der Waals surface area contributed by atoms with Crippen LogP contribution in [0.15, 0.2) is 22.7 Å². The molecule has 0 spiro atoms. The minimum Gasteiger partial charge on any atom is -0.383 e. The van der Waals surface area contributed by atoms with Crippen molar-refractivity contribution in [2.45, 2.75) is 47.1 Å². The Bertz CT molecular complexity index is 629. The number of halogens is 1. The highest BCUT2D eigenvalue weighted by atomic mass is 79.9. The smallest absolute Gasteiger partial charge is 0.131 e. The van der Waals surface area contributed by atoms with Gasteiger partial charge in [-0.1, -0.05) is 42.8 Å². The topological polar surface area (TPSA) is 43.8 Å². The van der Waals surface area contributed by atoms with Gasteiger partial charge in [-0.3, -0.25) is 0 Å². The first-order valence-corrected chi connectivity index (χ1v) is 8.34. The number of anilines is 1. The van der Waals surface area contributed by atoms with Gasteiger partial charge in [0.2, 0.25) is 0 Å². The van der Waals surface area contributed by atoms with E-state index >= 15 is 0 Å². The molecular weight excluding hydrogens is 326 g/mol. The molecule has 0 bridgehead atoms. The van der Waals surface area contributed by atoms with Gasteiger partial charge in [0.15, 0.2) is 0 Å². The Morgan fingerprint density at radius 3 is 2.62 bits per heavy atom. The lowest BCUT2D eigenvalue weighted by Crippen LogP contribution is -2.11. The third kappa shape index (κ3) is 3.49. The lowest BCUT2D eigenvalue weighted by atomic mass is 10.1. The van der Waals surface area contributed by atoms with Gasteiger partial charge < -0.3 is 10.3 Å². The number of benzene rings is 1. The summed E-state index contributed by atoms with van der Waals surface area (Å²) in [6.07, 6.45) is 2.04. The van der Waals surface area contributed by atoms with Gasteiger partial charge >= 0.3 is 0 Å². The van der Waals surface area contributed by atoms with Crippen LogP contribution in [0.5, 0.6) is 0 Å². The van der Waals surface area contributed by atoms with Crippen LogP contribution in [0, 0.1) is 12.8 Å². The maximum absolute atomic E-state index is 6.39. The van der Waals surface area contributed by atoms with Crippen molar-refractivity contribution in [2.75, 3.05) is 5.73 Å². The number of aryl methyl sites for hydroxylation is 2. The molecule has 4 heteroatoms. The average molecular weight is 350 g/mol. The number of imidazole rings is 1. The Balaban J connectivity index is 2.50. The molecule has 0 saturated heterocycles. The van der Waals surface area contributed by atoms with Crippen molar-refractivity contribution in [3.05, 3.63) is 34.1 Å². The molecule has 0 radical (unpaired) electrons. The van der Waals surface area contributed by atoms with Gasteiger partial charge in [0.25, 0.3) is 0 Å². The Labute approximate surface area is 135 Å². The fourth-order valence-corrected chi connectivity index (χ4v) is 2.75. The molecule has 0 aliphatic carbocycles. The summed E-state index contributed by atoms with van der Waals surface area (Å²) in [5.74, 6) is 2.43. The number of hydrogen-bond acceptors (Lipinski definition) is 2. The van der Waals surface area contributed by atoms with E-state index in [4.69, 9.17) is 10.7 Å². The molecule has 0 amide bonds. The normalized spacial score (nSPS) is 11.3. The molecule has 0 aliphatic heterocycles. The molecule has 1 heterocycles. The summed E-state index contributed by atoms with van der Waals surface area (Å²) in [5, 5.41) is 0. The van der Waals surface area contributed by atoms with Crippen molar-refractivity contribution >= 4 is 21.7 Å². The number of nitrogen functional groups attached to an aromatic ring is 1. The maximum Gasteiger partial charge on any atom is 0.131 e. The van der Waals surface area contributed by atoms with E-state index in [0.717, 1.165) is 46.8 Å². The van der Waals surface area contributed by atoms with E-state index in [1.807, 2.05) is 0 Å². The summed E-state index contributed by atoms with van der Waals surface area (Å²) >= 11 is 3.54. The van der Waals surface area contributed by atoms with Gasteiger partial charge in [-0.2, -0.15) is 0 Å². The molecule has 0 aliphatic rings. The molecule has 2 aromatic rings. The Morgan fingerprint density at radius 1 is 1.33 bits per heavy atom. The molecule has 1 aromatic heterocycles. The van der Waals surface area contributed by atoms with E-state index < -0.39 is 0 Å².